The van der Waals surface area contributed by atoms with Gasteiger partial charge < -0.3 is 14.4 Å². The summed E-state index contributed by atoms with van der Waals surface area (Å²) < 4.78 is 11.3. The summed E-state index contributed by atoms with van der Waals surface area (Å²) in [6.07, 6.45) is 1.83. The number of morpholine rings is 1. The largest absolute Gasteiger partial charge is 0.477 e. The van der Waals surface area contributed by atoms with E-state index in [4.69, 9.17) is 14.5 Å². The van der Waals surface area contributed by atoms with Crippen LogP contribution in [0.15, 0.2) is 24.3 Å². The molecule has 1 unspecified atom stereocenters. The van der Waals surface area contributed by atoms with Crippen molar-refractivity contribution >= 4 is 11.5 Å². The summed E-state index contributed by atoms with van der Waals surface area (Å²) in [5.41, 5.74) is 1.82. The van der Waals surface area contributed by atoms with Crippen LogP contribution in [0, 0.1) is 10.1 Å². The van der Waals surface area contributed by atoms with Gasteiger partial charge in [-0.25, -0.2) is 4.98 Å². The Morgan fingerprint density at radius 2 is 2.04 bits per heavy atom. The van der Waals surface area contributed by atoms with Crippen LogP contribution in [-0.4, -0.2) is 47.3 Å². The monoisotopic (exact) mass is 356 g/mol. The number of ether oxygens (including phenoxy) is 2. The van der Waals surface area contributed by atoms with E-state index in [1.807, 2.05) is 0 Å². The van der Waals surface area contributed by atoms with E-state index in [0.29, 0.717) is 31.5 Å². The molecule has 1 fully saturated rings. The third kappa shape index (κ3) is 3.08. The van der Waals surface area contributed by atoms with Crippen molar-refractivity contribution in [1.29, 1.82) is 0 Å². The molecule has 8 nitrogen and oxygen atoms in total. The Labute approximate surface area is 150 Å². The van der Waals surface area contributed by atoms with Crippen LogP contribution >= 0.6 is 0 Å². The quantitative estimate of drug-likeness (QED) is 0.617. The molecule has 2 aliphatic heterocycles. The molecule has 0 amide bonds. The highest BCUT2D eigenvalue weighted by Crippen LogP contribution is 2.34. The topological polar surface area (TPSA) is 90.6 Å². The number of rotatable bonds is 3. The van der Waals surface area contributed by atoms with Crippen LogP contribution < -0.4 is 9.64 Å². The zero-order chi connectivity index (χ0) is 18.1. The summed E-state index contributed by atoms with van der Waals surface area (Å²) in [5.74, 6) is 2.03. The molecule has 1 saturated heterocycles. The molecule has 2 aliphatic rings. The van der Waals surface area contributed by atoms with Crippen LogP contribution in [0.1, 0.15) is 18.9 Å². The lowest BCUT2D eigenvalue weighted by atomic mass is 10.1. The molecule has 0 aliphatic carbocycles. The number of benzene rings is 1. The molecule has 3 heterocycles. The van der Waals surface area contributed by atoms with E-state index in [1.54, 1.807) is 12.1 Å². The smallest absolute Gasteiger partial charge is 0.269 e. The van der Waals surface area contributed by atoms with Crippen LogP contribution in [0.3, 0.4) is 0 Å². The second-order valence-corrected chi connectivity index (χ2v) is 6.53. The molecule has 1 aromatic heterocycles. The van der Waals surface area contributed by atoms with E-state index < -0.39 is 4.92 Å². The molecule has 0 saturated carbocycles. The zero-order valence-electron chi connectivity index (χ0n) is 14.6. The van der Waals surface area contributed by atoms with E-state index in [2.05, 4.69) is 16.8 Å². The summed E-state index contributed by atoms with van der Waals surface area (Å²) in [5, 5.41) is 10.9. The van der Waals surface area contributed by atoms with Gasteiger partial charge in [0, 0.05) is 24.2 Å². The van der Waals surface area contributed by atoms with E-state index in [1.165, 1.54) is 12.1 Å². The molecule has 0 N–H and O–H groups in total. The van der Waals surface area contributed by atoms with Gasteiger partial charge in [0.2, 0.25) is 5.88 Å². The van der Waals surface area contributed by atoms with Crippen molar-refractivity contribution in [3.8, 4) is 17.3 Å². The van der Waals surface area contributed by atoms with Gasteiger partial charge in [-0.05, 0) is 31.9 Å². The lowest BCUT2D eigenvalue weighted by Gasteiger charge is -2.36. The summed E-state index contributed by atoms with van der Waals surface area (Å²) in [4.78, 5) is 22.1. The molecule has 0 spiro atoms. The lowest BCUT2D eigenvalue weighted by Crippen LogP contribution is -2.45. The van der Waals surface area contributed by atoms with Crippen molar-refractivity contribution in [1.82, 2.24) is 9.97 Å². The molecule has 1 aromatic carbocycles. The number of hydrogen-bond acceptors (Lipinski definition) is 7. The first-order valence-corrected chi connectivity index (χ1v) is 8.76. The van der Waals surface area contributed by atoms with E-state index in [0.717, 1.165) is 36.3 Å². The Balaban J connectivity index is 1.78. The summed E-state index contributed by atoms with van der Waals surface area (Å²) >= 11 is 0. The Kier molecular flexibility index (Phi) is 4.42. The minimum atomic E-state index is -0.415. The van der Waals surface area contributed by atoms with Crippen LogP contribution in [0.5, 0.6) is 5.88 Å². The Morgan fingerprint density at radius 1 is 1.23 bits per heavy atom. The van der Waals surface area contributed by atoms with Gasteiger partial charge in [-0.2, -0.15) is 4.98 Å². The number of anilines is 1. The minimum Gasteiger partial charge on any atom is -0.477 e. The molecule has 136 valence electrons. The average Bonchev–Trinajstić information content (AvgIpc) is 2.68. The number of nitro groups is 1. The first-order valence-electron chi connectivity index (χ1n) is 8.76. The van der Waals surface area contributed by atoms with Gasteiger partial charge >= 0.3 is 0 Å². The van der Waals surface area contributed by atoms with Gasteiger partial charge in [0.25, 0.3) is 5.69 Å². The molecule has 4 rings (SSSR count). The predicted molar refractivity (Wildman–Crippen MR) is 95.6 cm³/mol. The maximum Gasteiger partial charge on any atom is 0.269 e. The zero-order valence-corrected chi connectivity index (χ0v) is 14.6. The van der Waals surface area contributed by atoms with Gasteiger partial charge in [0.05, 0.1) is 36.3 Å². The lowest BCUT2D eigenvalue weighted by molar-refractivity contribution is -0.384. The van der Waals surface area contributed by atoms with Gasteiger partial charge in [0.15, 0.2) is 5.82 Å². The third-order valence-electron chi connectivity index (χ3n) is 4.73. The number of hydrogen-bond donors (Lipinski definition) is 0. The fraction of sp³-hybridized carbons (Fsp3) is 0.444. The van der Waals surface area contributed by atoms with E-state index in [-0.39, 0.29) is 11.7 Å². The van der Waals surface area contributed by atoms with Crippen LogP contribution in [0.2, 0.25) is 0 Å². The van der Waals surface area contributed by atoms with Crippen LogP contribution in [0.25, 0.3) is 11.4 Å². The van der Waals surface area contributed by atoms with Crippen molar-refractivity contribution in [3.63, 3.8) is 0 Å². The SMILES string of the molecule is CC1COCCN1c1nc(-c2ccc([N+](=O)[O-])cc2)nc2c1CCCO2. The van der Waals surface area contributed by atoms with Gasteiger partial charge in [-0.15, -0.1) is 0 Å². The average molecular weight is 356 g/mol. The predicted octanol–water partition coefficient (Wildman–Crippen LogP) is 2.60. The molecule has 26 heavy (non-hydrogen) atoms. The van der Waals surface area contributed by atoms with Crippen molar-refractivity contribution in [2.24, 2.45) is 0 Å². The molecule has 2 aromatic rings. The first kappa shape index (κ1) is 16.7. The summed E-state index contributed by atoms with van der Waals surface area (Å²) in [6.45, 7) is 4.85. The van der Waals surface area contributed by atoms with Crippen LogP contribution in [-0.2, 0) is 11.2 Å². The highest BCUT2D eigenvalue weighted by Gasteiger charge is 2.28. The fourth-order valence-corrected chi connectivity index (χ4v) is 3.35. The second-order valence-electron chi connectivity index (χ2n) is 6.53. The maximum absolute atomic E-state index is 10.9. The molecule has 0 bridgehead atoms. The van der Waals surface area contributed by atoms with E-state index >= 15 is 0 Å². The Hall–Kier alpha value is -2.74. The number of nitro benzene ring substituents is 1. The summed E-state index contributed by atoms with van der Waals surface area (Å²) in [7, 11) is 0. The minimum absolute atomic E-state index is 0.0463. The fourth-order valence-electron chi connectivity index (χ4n) is 3.35. The first-order chi connectivity index (χ1) is 12.6. The molecule has 1 atom stereocenters. The van der Waals surface area contributed by atoms with Gasteiger partial charge in [-0.1, -0.05) is 0 Å². The molecule has 0 radical (unpaired) electrons. The molecular formula is C18H20N4O4. The molecular weight excluding hydrogens is 336 g/mol. The van der Waals surface area contributed by atoms with Crippen molar-refractivity contribution in [3.05, 3.63) is 39.9 Å². The van der Waals surface area contributed by atoms with Gasteiger partial charge in [0.1, 0.15) is 5.82 Å². The maximum atomic E-state index is 10.9. The van der Waals surface area contributed by atoms with Gasteiger partial charge in [-0.3, -0.25) is 10.1 Å². The number of non-ortho nitro benzene ring substituents is 1. The van der Waals surface area contributed by atoms with Crippen molar-refractivity contribution in [2.75, 3.05) is 31.3 Å². The third-order valence-corrected chi connectivity index (χ3v) is 4.73. The highest BCUT2D eigenvalue weighted by atomic mass is 16.6. The van der Waals surface area contributed by atoms with Crippen molar-refractivity contribution < 1.29 is 14.4 Å². The molecule has 8 heteroatoms. The van der Waals surface area contributed by atoms with Crippen LogP contribution in [0.4, 0.5) is 11.5 Å². The standard InChI is InChI=1S/C18H20N4O4/c1-12-11-25-10-8-21(12)17-15-3-2-9-26-18(15)20-16(19-17)13-4-6-14(7-5-13)22(23)24/h4-7,12H,2-3,8-11H2,1H3. The number of aromatic nitrogens is 2. The van der Waals surface area contributed by atoms with Crippen molar-refractivity contribution in [2.45, 2.75) is 25.8 Å². The highest BCUT2D eigenvalue weighted by molar-refractivity contribution is 5.64. The Bertz CT molecular complexity index is 825. The normalized spacial score (nSPS) is 19.6. The number of nitrogens with zero attached hydrogens (tertiary/aromatic N) is 4. The van der Waals surface area contributed by atoms with E-state index in [9.17, 15) is 10.1 Å². The second kappa shape index (κ2) is 6.87. The number of fused-ring (bicyclic) bond motifs is 1. The summed E-state index contributed by atoms with van der Waals surface area (Å²) in [6, 6.07) is 6.51. The Morgan fingerprint density at radius 3 is 2.77 bits per heavy atom.